The van der Waals surface area contributed by atoms with Crippen molar-refractivity contribution in [3.63, 3.8) is 0 Å². The molecule has 0 aliphatic carbocycles. The Kier molecular flexibility index (Phi) is 8.09. The van der Waals surface area contributed by atoms with Gasteiger partial charge in [0, 0.05) is 22.6 Å². The van der Waals surface area contributed by atoms with E-state index < -0.39 is 46.5 Å². The number of aromatic nitrogens is 2. The van der Waals surface area contributed by atoms with E-state index in [4.69, 9.17) is 11.6 Å². The number of nitrogens with zero attached hydrogens (tertiary/aromatic N) is 2. The number of carbonyl (C=O) groups is 2. The van der Waals surface area contributed by atoms with E-state index in [1.807, 2.05) is 20.8 Å². The van der Waals surface area contributed by atoms with E-state index in [9.17, 15) is 23.5 Å². The number of hydrogen-bond donors (Lipinski definition) is 3. The Morgan fingerprint density at radius 2 is 1.62 bits per heavy atom. The first-order valence-electron chi connectivity index (χ1n) is 11.7. The molecule has 37 heavy (non-hydrogen) atoms. The Morgan fingerprint density at radius 3 is 2.19 bits per heavy atom. The second kappa shape index (κ2) is 10.6. The van der Waals surface area contributed by atoms with Gasteiger partial charge >= 0.3 is 0 Å². The molecule has 1 aromatic heterocycles. The van der Waals surface area contributed by atoms with E-state index in [2.05, 4.69) is 15.7 Å². The molecule has 10 heteroatoms. The first-order valence-corrected chi connectivity index (χ1v) is 12.1. The van der Waals surface area contributed by atoms with Crippen LogP contribution in [0.2, 0.25) is 5.02 Å². The molecule has 0 saturated carbocycles. The molecule has 0 aliphatic rings. The summed E-state index contributed by atoms with van der Waals surface area (Å²) >= 11 is 5.93. The maximum absolute atomic E-state index is 13.9. The number of halogens is 3. The lowest BCUT2D eigenvalue weighted by atomic mass is 9.81. The topological polar surface area (TPSA) is 96.2 Å². The molecule has 0 radical (unpaired) electrons. The molecular weight excluding hydrogens is 502 g/mol. The maximum Gasteiger partial charge on any atom is 0.254 e. The van der Waals surface area contributed by atoms with Gasteiger partial charge in [-0.2, -0.15) is 5.10 Å². The Hall–Kier alpha value is -3.30. The normalized spacial score (nSPS) is 13.7. The van der Waals surface area contributed by atoms with Crippen molar-refractivity contribution in [1.29, 1.82) is 0 Å². The summed E-state index contributed by atoms with van der Waals surface area (Å²) in [5.74, 6) is -2.36. The third-order valence-electron chi connectivity index (χ3n) is 5.99. The summed E-state index contributed by atoms with van der Waals surface area (Å²) in [6, 6.07) is 10.2. The van der Waals surface area contributed by atoms with Gasteiger partial charge in [-0.15, -0.1) is 0 Å². The third kappa shape index (κ3) is 6.53. The number of aliphatic hydroxyl groups excluding tert-OH is 1. The molecule has 3 aromatic rings. The average Bonchev–Trinajstić information content (AvgIpc) is 3.23. The van der Waals surface area contributed by atoms with E-state index >= 15 is 0 Å². The molecule has 3 N–H and O–H groups in total. The van der Waals surface area contributed by atoms with E-state index in [1.165, 1.54) is 25.1 Å². The van der Waals surface area contributed by atoms with Crippen LogP contribution in [0.15, 0.2) is 48.5 Å². The van der Waals surface area contributed by atoms with Crippen LogP contribution in [0.4, 0.5) is 14.6 Å². The lowest BCUT2D eigenvalue weighted by Gasteiger charge is -2.25. The molecule has 2 aromatic carbocycles. The van der Waals surface area contributed by atoms with Gasteiger partial charge in [-0.3, -0.25) is 9.59 Å². The van der Waals surface area contributed by atoms with E-state index in [-0.39, 0.29) is 0 Å². The van der Waals surface area contributed by atoms with Crippen LogP contribution >= 0.6 is 11.6 Å². The summed E-state index contributed by atoms with van der Waals surface area (Å²) in [6.07, 6.45) is -1.51. The van der Waals surface area contributed by atoms with Crippen molar-refractivity contribution in [1.82, 2.24) is 15.1 Å². The summed E-state index contributed by atoms with van der Waals surface area (Å²) in [4.78, 5) is 25.5. The number of aliphatic hydroxyl groups is 1. The number of anilines is 1. The molecule has 0 fully saturated rings. The first kappa shape index (κ1) is 28.3. The minimum atomic E-state index is -1.51. The van der Waals surface area contributed by atoms with Gasteiger partial charge in [0.05, 0.1) is 11.2 Å². The predicted octanol–water partition coefficient (Wildman–Crippen LogP) is 5.07. The summed E-state index contributed by atoms with van der Waals surface area (Å²) in [7, 11) is 0. The Bertz CT molecular complexity index is 1300. The lowest BCUT2D eigenvalue weighted by molar-refractivity contribution is -0.132. The van der Waals surface area contributed by atoms with Crippen LogP contribution in [0.3, 0.4) is 0 Å². The van der Waals surface area contributed by atoms with E-state index in [0.29, 0.717) is 27.7 Å². The van der Waals surface area contributed by atoms with Crippen LogP contribution in [-0.2, 0) is 20.5 Å². The van der Waals surface area contributed by atoms with Crippen LogP contribution in [0, 0.1) is 11.6 Å². The smallest absolute Gasteiger partial charge is 0.254 e. The molecule has 1 heterocycles. The Morgan fingerprint density at radius 1 is 1.00 bits per heavy atom. The molecule has 0 saturated heterocycles. The predicted molar refractivity (Wildman–Crippen MR) is 138 cm³/mol. The molecule has 2 unspecified atom stereocenters. The van der Waals surface area contributed by atoms with Crippen molar-refractivity contribution in [2.24, 2.45) is 0 Å². The third-order valence-corrected chi connectivity index (χ3v) is 6.22. The molecular formula is C27H31ClF2N4O3. The fourth-order valence-electron chi connectivity index (χ4n) is 3.77. The van der Waals surface area contributed by atoms with Crippen molar-refractivity contribution >= 4 is 29.2 Å². The van der Waals surface area contributed by atoms with Crippen molar-refractivity contribution in [2.75, 3.05) is 5.32 Å². The largest absolute Gasteiger partial charge is 0.378 e. The summed E-state index contributed by atoms with van der Waals surface area (Å²) in [6.45, 7) is 10.7. The molecule has 3 rings (SSSR count). The fraction of sp³-hybridized carbons (Fsp3) is 0.370. The number of amides is 2. The van der Waals surface area contributed by atoms with Gasteiger partial charge in [-0.1, -0.05) is 37.6 Å². The van der Waals surface area contributed by atoms with Gasteiger partial charge in [0.25, 0.3) is 5.91 Å². The standard InChI is InChI=1S/C27H31ClF2N4O3/c1-15(31-25(37)23(35)16-8-7-9-18(28)10-16)24(36)32-22-14-21(33-34(22)26(2,3)4)27(5,6)17-11-19(29)13-20(30)12-17/h7-15,23,35H,1-6H3,(H,31,37)(H,32,36). The van der Waals surface area contributed by atoms with Gasteiger partial charge < -0.3 is 15.7 Å². The molecule has 7 nitrogen and oxygen atoms in total. The molecule has 0 bridgehead atoms. The molecule has 0 spiro atoms. The first-order chi connectivity index (χ1) is 17.1. The number of nitrogens with one attached hydrogen (secondary N) is 2. The van der Waals surface area contributed by atoms with E-state index in [0.717, 1.165) is 6.07 Å². The number of benzene rings is 2. The molecule has 0 aliphatic heterocycles. The summed E-state index contributed by atoms with van der Waals surface area (Å²) in [5.41, 5.74) is -0.281. The van der Waals surface area contributed by atoms with Crippen LogP contribution in [0.25, 0.3) is 0 Å². The number of rotatable bonds is 7. The van der Waals surface area contributed by atoms with Gasteiger partial charge in [0.1, 0.15) is 23.5 Å². The van der Waals surface area contributed by atoms with Crippen molar-refractivity contribution in [2.45, 2.75) is 64.6 Å². The second-order valence-electron chi connectivity index (χ2n) is 10.5. The highest BCUT2D eigenvalue weighted by Gasteiger charge is 2.32. The van der Waals surface area contributed by atoms with Gasteiger partial charge in [-0.05, 0) is 63.1 Å². The van der Waals surface area contributed by atoms with Crippen molar-refractivity contribution < 1.29 is 23.5 Å². The second-order valence-corrected chi connectivity index (χ2v) is 10.9. The van der Waals surface area contributed by atoms with Crippen molar-refractivity contribution in [3.05, 3.63) is 82.0 Å². The molecule has 2 amide bonds. The minimum Gasteiger partial charge on any atom is -0.378 e. The molecule has 2 atom stereocenters. The number of carbonyl (C=O) groups excluding carboxylic acids is 2. The highest BCUT2D eigenvalue weighted by molar-refractivity contribution is 6.30. The zero-order valence-corrected chi connectivity index (χ0v) is 22.3. The van der Waals surface area contributed by atoms with Gasteiger partial charge in [0.2, 0.25) is 5.91 Å². The SMILES string of the molecule is CC(NC(=O)C(O)c1cccc(Cl)c1)C(=O)Nc1cc(C(C)(C)c2cc(F)cc(F)c2)nn1C(C)(C)C. The Labute approximate surface area is 219 Å². The highest BCUT2D eigenvalue weighted by Crippen LogP contribution is 2.34. The minimum absolute atomic E-state index is 0.295. The van der Waals surface area contributed by atoms with Gasteiger partial charge in [0.15, 0.2) is 6.10 Å². The van der Waals surface area contributed by atoms with Crippen LogP contribution in [0.1, 0.15) is 64.5 Å². The lowest BCUT2D eigenvalue weighted by Crippen LogP contribution is -2.44. The summed E-state index contributed by atoms with van der Waals surface area (Å²) in [5, 5.41) is 20.6. The summed E-state index contributed by atoms with van der Waals surface area (Å²) < 4.78 is 29.4. The van der Waals surface area contributed by atoms with Crippen LogP contribution in [-0.4, -0.2) is 32.7 Å². The fourth-order valence-corrected chi connectivity index (χ4v) is 3.97. The highest BCUT2D eigenvalue weighted by atomic mass is 35.5. The maximum atomic E-state index is 13.9. The quantitative estimate of drug-likeness (QED) is 0.396. The van der Waals surface area contributed by atoms with Gasteiger partial charge in [-0.25, -0.2) is 13.5 Å². The number of hydrogen-bond acceptors (Lipinski definition) is 4. The van der Waals surface area contributed by atoms with Crippen molar-refractivity contribution in [3.8, 4) is 0 Å². The van der Waals surface area contributed by atoms with E-state index in [1.54, 1.807) is 42.8 Å². The van der Waals surface area contributed by atoms with Crippen LogP contribution in [0.5, 0.6) is 0 Å². The zero-order chi connectivity index (χ0) is 27.7. The molecule has 198 valence electrons. The van der Waals surface area contributed by atoms with Crippen LogP contribution < -0.4 is 10.6 Å². The average molecular weight is 533 g/mol. The zero-order valence-electron chi connectivity index (χ0n) is 21.6. The monoisotopic (exact) mass is 532 g/mol. The Balaban J connectivity index is 1.83.